The van der Waals surface area contributed by atoms with Gasteiger partial charge in [0.2, 0.25) is 0 Å². The quantitative estimate of drug-likeness (QED) is 0.582. The molecule has 0 saturated carbocycles. The number of morpholine rings is 1. The van der Waals surface area contributed by atoms with Crippen LogP contribution in [0, 0.1) is 0 Å². The first kappa shape index (κ1) is 22.2. The molecule has 2 fully saturated rings. The molecule has 0 atom stereocenters. The van der Waals surface area contributed by atoms with E-state index in [1.807, 2.05) is 13.8 Å². The highest BCUT2D eigenvalue weighted by Crippen LogP contribution is 2.34. The Morgan fingerprint density at radius 2 is 1.93 bits per heavy atom. The van der Waals surface area contributed by atoms with E-state index in [4.69, 9.17) is 14.2 Å². The maximum Gasteiger partial charge on any atom is 0.293 e. The van der Waals surface area contributed by atoms with Gasteiger partial charge in [-0.2, -0.15) is 0 Å². The normalized spacial score (nSPS) is 18.3. The molecule has 3 amide bonds. The Balaban J connectivity index is 1.71. The first-order chi connectivity index (χ1) is 14.5. The Kier molecular flexibility index (Phi) is 7.75. The van der Waals surface area contributed by atoms with Crippen LogP contribution in [0.2, 0.25) is 0 Å². The summed E-state index contributed by atoms with van der Waals surface area (Å²) in [6, 6.07) is 5.22. The summed E-state index contributed by atoms with van der Waals surface area (Å²) in [7, 11) is 0. The number of hydrogen-bond donors (Lipinski definition) is 0. The lowest BCUT2D eigenvalue weighted by Crippen LogP contribution is -2.43. The molecular formula is C21H26N2O6S. The Bertz CT molecular complexity index is 835. The standard InChI is InChI=1S/C21H26N2O6S/c1-3-7-23-20(25)18(30-21(23)26)13-15-5-6-16(17(12-15)28-4-2)29-14-19(24)22-8-10-27-11-9-22/h5-6,12-13H,3-4,7-11,14H2,1-2H3/b18-13-. The fraction of sp³-hybridized carbons (Fsp3) is 0.476. The second-order valence-electron chi connectivity index (χ2n) is 6.75. The van der Waals surface area contributed by atoms with Crippen molar-refractivity contribution in [1.29, 1.82) is 0 Å². The van der Waals surface area contributed by atoms with Crippen LogP contribution in [-0.2, 0) is 14.3 Å². The van der Waals surface area contributed by atoms with Gasteiger partial charge in [0.25, 0.3) is 17.1 Å². The number of benzene rings is 1. The van der Waals surface area contributed by atoms with Crippen molar-refractivity contribution in [2.75, 3.05) is 46.1 Å². The minimum atomic E-state index is -0.277. The highest BCUT2D eigenvalue weighted by atomic mass is 32.2. The molecule has 9 heteroatoms. The molecule has 0 aliphatic carbocycles. The van der Waals surface area contributed by atoms with Crippen molar-refractivity contribution in [2.24, 2.45) is 0 Å². The lowest BCUT2D eigenvalue weighted by molar-refractivity contribution is -0.137. The lowest BCUT2D eigenvalue weighted by atomic mass is 10.2. The molecule has 0 spiro atoms. The number of hydrogen-bond acceptors (Lipinski definition) is 7. The molecule has 0 aromatic heterocycles. The molecule has 0 unspecified atom stereocenters. The molecule has 2 aliphatic rings. The molecule has 1 aromatic carbocycles. The Labute approximate surface area is 180 Å². The molecule has 2 heterocycles. The van der Waals surface area contributed by atoms with Gasteiger partial charge in [0, 0.05) is 19.6 Å². The maximum absolute atomic E-state index is 12.4. The number of thioether (sulfide) groups is 1. The van der Waals surface area contributed by atoms with Crippen molar-refractivity contribution < 1.29 is 28.6 Å². The van der Waals surface area contributed by atoms with Crippen LogP contribution in [0.5, 0.6) is 11.5 Å². The molecule has 0 N–H and O–H groups in total. The Morgan fingerprint density at radius 1 is 1.17 bits per heavy atom. The summed E-state index contributed by atoms with van der Waals surface area (Å²) in [5.74, 6) is 0.555. The Morgan fingerprint density at radius 3 is 2.63 bits per heavy atom. The van der Waals surface area contributed by atoms with Gasteiger partial charge in [0.05, 0.1) is 24.7 Å². The minimum Gasteiger partial charge on any atom is -0.490 e. The van der Waals surface area contributed by atoms with Crippen molar-refractivity contribution in [3.05, 3.63) is 28.7 Å². The van der Waals surface area contributed by atoms with Crippen molar-refractivity contribution >= 4 is 34.9 Å². The second kappa shape index (κ2) is 10.5. The van der Waals surface area contributed by atoms with Gasteiger partial charge in [-0.15, -0.1) is 0 Å². The predicted octanol–water partition coefficient (Wildman–Crippen LogP) is 2.77. The summed E-state index contributed by atoms with van der Waals surface area (Å²) in [5.41, 5.74) is 0.715. The van der Waals surface area contributed by atoms with Gasteiger partial charge in [-0.05, 0) is 48.9 Å². The van der Waals surface area contributed by atoms with Gasteiger partial charge in [0.15, 0.2) is 18.1 Å². The predicted molar refractivity (Wildman–Crippen MR) is 113 cm³/mol. The van der Waals surface area contributed by atoms with Crippen molar-refractivity contribution in [3.63, 3.8) is 0 Å². The van der Waals surface area contributed by atoms with Crippen LogP contribution in [-0.4, -0.2) is 72.9 Å². The van der Waals surface area contributed by atoms with E-state index in [-0.39, 0.29) is 23.7 Å². The minimum absolute atomic E-state index is 0.0880. The van der Waals surface area contributed by atoms with Gasteiger partial charge in [-0.25, -0.2) is 0 Å². The van der Waals surface area contributed by atoms with E-state index < -0.39 is 0 Å². The number of ether oxygens (including phenoxy) is 3. The van der Waals surface area contributed by atoms with E-state index in [0.29, 0.717) is 61.4 Å². The van der Waals surface area contributed by atoms with E-state index >= 15 is 0 Å². The third-order valence-corrected chi connectivity index (χ3v) is 5.51. The van der Waals surface area contributed by atoms with Crippen molar-refractivity contribution in [3.8, 4) is 11.5 Å². The zero-order valence-corrected chi connectivity index (χ0v) is 18.0. The molecule has 2 saturated heterocycles. The van der Waals surface area contributed by atoms with Crippen LogP contribution in [0.1, 0.15) is 25.8 Å². The summed E-state index contributed by atoms with van der Waals surface area (Å²) in [6.07, 6.45) is 2.39. The topological polar surface area (TPSA) is 85.4 Å². The monoisotopic (exact) mass is 434 g/mol. The summed E-state index contributed by atoms with van der Waals surface area (Å²) < 4.78 is 16.6. The molecule has 2 aliphatic heterocycles. The van der Waals surface area contributed by atoms with Gasteiger partial charge in [0.1, 0.15) is 0 Å². The largest absolute Gasteiger partial charge is 0.490 e. The van der Waals surface area contributed by atoms with Gasteiger partial charge < -0.3 is 19.1 Å². The Hall–Kier alpha value is -2.52. The van der Waals surface area contributed by atoms with Crippen LogP contribution in [0.3, 0.4) is 0 Å². The summed E-state index contributed by atoms with van der Waals surface area (Å²) in [4.78, 5) is 40.1. The van der Waals surface area contributed by atoms with E-state index in [0.717, 1.165) is 18.2 Å². The first-order valence-electron chi connectivity index (χ1n) is 10.0. The number of carbonyl (C=O) groups excluding carboxylic acids is 3. The third-order valence-electron chi connectivity index (χ3n) is 4.60. The van der Waals surface area contributed by atoms with Crippen LogP contribution >= 0.6 is 11.8 Å². The number of amides is 3. The highest BCUT2D eigenvalue weighted by Gasteiger charge is 2.34. The average Bonchev–Trinajstić information content (AvgIpc) is 3.01. The van der Waals surface area contributed by atoms with Crippen molar-refractivity contribution in [1.82, 2.24) is 9.80 Å². The zero-order chi connectivity index (χ0) is 21.5. The fourth-order valence-electron chi connectivity index (χ4n) is 3.11. The van der Waals surface area contributed by atoms with Crippen molar-refractivity contribution in [2.45, 2.75) is 20.3 Å². The highest BCUT2D eigenvalue weighted by molar-refractivity contribution is 8.18. The number of rotatable bonds is 8. The van der Waals surface area contributed by atoms with Gasteiger partial charge >= 0.3 is 0 Å². The summed E-state index contributed by atoms with van der Waals surface area (Å²) in [5, 5.41) is -0.250. The molecule has 162 valence electrons. The molecule has 0 radical (unpaired) electrons. The smallest absolute Gasteiger partial charge is 0.293 e. The zero-order valence-electron chi connectivity index (χ0n) is 17.2. The molecule has 1 aromatic rings. The summed E-state index contributed by atoms with van der Waals surface area (Å²) in [6.45, 7) is 6.71. The molecule has 30 heavy (non-hydrogen) atoms. The molecule has 8 nitrogen and oxygen atoms in total. The van der Waals surface area contributed by atoms with Gasteiger partial charge in [-0.1, -0.05) is 13.0 Å². The third kappa shape index (κ3) is 5.34. The molecule has 0 bridgehead atoms. The number of carbonyl (C=O) groups is 3. The number of nitrogens with zero attached hydrogens (tertiary/aromatic N) is 2. The number of imide groups is 1. The van der Waals surface area contributed by atoms with Gasteiger partial charge in [-0.3, -0.25) is 19.3 Å². The SMILES string of the molecule is CCCN1C(=O)S/C(=C\c2ccc(OCC(=O)N3CCOCC3)c(OCC)c2)C1=O. The van der Waals surface area contributed by atoms with E-state index in [9.17, 15) is 14.4 Å². The molecule has 3 rings (SSSR count). The molecular weight excluding hydrogens is 408 g/mol. The van der Waals surface area contributed by atoms with Crippen LogP contribution in [0.15, 0.2) is 23.1 Å². The fourth-order valence-corrected chi connectivity index (χ4v) is 3.98. The maximum atomic E-state index is 12.4. The van der Waals surface area contributed by atoms with E-state index in [1.54, 1.807) is 29.2 Å². The lowest BCUT2D eigenvalue weighted by Gasteiger charge is -2.26. The summed E-state index contributed by atoms with van der Waals surface area (Å²) >= 11 is 0.936. The van der Waals surface area contributed by atoms with Crippen LogP contribution in [0.25, 0.3) is 6.08 Å². The van der Waals surface area contributed by atoms with Crippen LogP contribution < -0.4 is 9.47 Å². The first-order valence-corrected chi connectivity index (χ1v) is 10.9. The average molecular weight is 435 g/mol. The van der Waals surface area contributed by atoms with Crippen LogP contribution in [0.4, 0.5) is 4.79 Å². The second-order valence-corrected chi connectivity index (χ2v) is 7.75. The van der Waals surface area contributed by atoms with E-state index in [2.05, 4.69) is 0 Å². The van der Waals surface area contributed by atoms with E-state index in [1.165, 1.54) is 4.90 Å².